The number of carboxylic acid groups (broad SMARTS) is 1. The Bertz CT molecular complexity index is 1740. The molecule has 0 aliphatic rings. The summed E-state index contributed by atoms with van der Waals surface area (Å²) in [6.07, 6.45) is 4.85. The van der Waals surface area contributed by atoms with Gasteiger partial charge in [0.05, 0.1) is 11.1 Å². The van der Waals surface area contributed by atoms with Gasteiger partial charge in [-0.2, -0.15) is 0 Å². The predicted octanol–water partition coefficient (Wildman–Crippen LogP) is 8.97. The molecule has 0 atom stereocenters. The Morgan fingerprint density at radius 2 is 1.68 bits per heavy atom. The molecule has 0 aliphatic carbocycles. The summed E-state index contributed by atoms with van der Waals surface area (Å²) < 4.78 is 8.51. The molecule has 2 aromatic carbocycles. The van der Waals surface area contributed by atoms with E-state index in [0.29, 0.717) is 26.0 Å². The van der Waals surface area contributed by atoms with E-state index in [4.69, 9.17) is 4.74 Å². The van der Waals surface area contributed by atoms with E-state index in [0.717, 1.165) is 44.9 Å². The fraction of sp³-hybridized carbons (Fsp3) is 0.324. The molecule has 44 heavy (non-hydrogen) atoms. The van der Waals surface area contributed by atoms with Crippen LogP contribution in [0.1, 0.15) is 63.7 Å². The number of aryl methyl sites for hydroxylation is 1. The molecule has 3 aromatic heterocycles. The Kier molecular flexibility index (Phi) is 9.16. The second kappa shape index (κ2) is 12.9. The molecule has 0 saturated heterocycles. The van der Waals surface area contributed by atoms with Crippen LogP contribution < -0.4 is 4.74 Å². The van der Waals surface area contributed by atoms with E-state index in [1.165, 1.54) is 10.5 Å². The molecule has 0 saturated carbocycles. The van der Waals surface area contributed by atoms with Gasteiger partial charge in [0.25, 0.3) is 0 Å². The van der Waals surface area contributed by atoms with Crippen molar-refractivity contribution in [2.75, 3.05) is 0 Å². The van der Waals surface area contributed by atoms with E-state index in [-0.39, 0.29) is 4.75 Å². The summed E-state index contributed by atoms with van der Waals surface area (Å²) in [4.78, 5) is 22.1. The molecular formula is C37H41N3O3S. The van der Waals surface area contributed by atoms with Gasteiger partial charge in [0.1, 0.15) is 12.4 Å². The SMILES string of the molecule is Cc1ccc(-c2ccc(Cn3c(CCC(C)(C)C(=O)O)c(SC(C)(C)C)c4cc(OCc5ccccn5)ccc43)cc2)cn1. The molecule has 0 fully saturated rings. The number of benzene rings is 2. The lowest BCUT2D eigenvalue weighted by atomic mass is 9.87. The lowest BCUT2D eigenvalue weighted by Crippen LogP contribution is -2.24. The van der Waals surface area contributed by atoms with Crippen LogP contribution in [0.3, 0.4) is 0 Å². The zero-order valence-corrected chi connectivity index (χ0v) is 27.2. The molecule has 0 unspecified atom stereocenters. The molecule has 228 valence electrons. The number of pyridine rings is 2. The van der Waals surface area contributed by atoms with Gasteiger partial charge in [0.2, 0.25) is 0 Å². The van der Waals surface area contributed by atoms with Crippen LogP contribution in [0.4, 0.5) is 0 Å². The Balaban J connectivity index is 1.56. The van der Waals surface area contributed by atoms with Gasteiger partial charge < -0.3 is 14.4 Å². The first-order chi connectivity index (χ1) is 20.9. The number of hydrogen-bond donors (Lipinski definition) is 1. The van der Waals surface area contributed by atoms with Crippen molar-refractivity contribution in [2.24, 2.45) is 5.41 Å². The van der Waals surface area contributed by atoms with Gasteiger partial charge in [-0.3, -0.25) is 14.8 Å². The van der Waals surface area contributed by atoms with E-state index in [9.17, 15) is 9.90 Å². The van der Waals surface area contributed by atoms with E-state index in [2.05, 4.69) is 77.8 Å². The molecule has 0 aliphatic heterocycles. The fourth-order valence-corrected chi connectivity index (χ4v) is 6.31. The second-order valence-corrected chi connectivity index (χ2v) is 14.8. The normalized spacial score (nSPS) is 12.0. The van der Waals surface area contributed by atoms with Gasteiger partial charge in [-0.15, -0.1) is 11.8 Å². The summed E-state index contributed by atoms with van der Waals surface area (Å²) >= 11 is 1.83. The number of carboxylic acids is 1. The van der Waals surface area contributed by atoms with Crippen molar-refractivity contribution in [3.63, 3.8) is 0 Å². The van der Waals surface area contributed by atoms with Crippen LogP contribution >= 0.6 is 11.8 Å². The summed E-state index contributed by atoms with van der Waals surface area (Å²) in [6, 6.07) is 24.9. The van der Waals surface area contributed by atoms with Crippen LogP contribution in [0.25, 0.3) is 22.0 Å². The molecule has 3 heterocycles. The molecular weight excluding hydrogens is 566 g/mol. The summed E-state index contributed by atoms with van der Waals surface area (Å²) in [5, 5.41) is 11.0. The molecule has 0 bridgehead atoms. The topological polar surface area (TPSA) is 77.2 Å². The van der Waals surface area contributed by atoms with E-state index < -0.39 is 11.4 Å². The first-order valence-electron chi connectivity index (χ1n) is 15.0. The monoisotopic (exact) mass is 607 g/mol. The molecule has 6 nitrogen and oxygen atoms in total. The highest BCUT2D eigenvalue weighted by Gasteiger charge is 2.30. The zero-order chi connectivity index (χ0) is 31.5. The molecule has 0 radical (unpaired) electrons. The van der Waals surface area contributed by atoms with Crippen LogP contribution in [-0.2, 0) is 24.4 Å². The van der Waals surface area contributed by atoms with Gasteiger partial charge >= 0.3 is 5.97 Å². The molecule has 1 N–H and O–H groups in total. The van der Waals surface area contributed by atoms with Crippen molar-refractivity contribution in [3.05, 3.63) is 108 Å². The van der Waals surface area contributed by atoms with Crippen molar-refractivity contribution >= 4 is 28.6 Å². The highest BCUT2D eigenvalue weighted by molar-refractivity contribution is 8.00. The lowest BCUT2D eigenvalue weighted by Gasteiger charge is -2.22. The third-order valence-corrected chi connectivity index (χ3v) is 8.99. The van der Waals surface area contributed by atoms with Crippen molar-refractivity contribution in [1.29, 1.82) is 0 Å². The van der Waals surface area contributed by atoms with Crippen LogP contribution in [0.15, 0.2) is 90.1 Å². The Morgan fingerprint density at radius 1 is 0.932 bits per heavy atom. The maximum Gasteiger partial charge on any atom is 0.309 e. The average Bonchev–Trinajstić information content (AvgIpc) is 3.26. The van der Waals surface area contributed by atoms with Crippen molar-refractivity contribution < 1.29 is 14.6 Å². The fourth-order valence-electron chi connectivity index (χ4n) is 5.10. The van der Waals surface area contributed by atoms with Crippen molar-refractivity contribution in [3.8, 4) is 16.9 Å². The first-order valence-corrected chi connectivity index (χ1v) is 15.8. The summed E-state index contributed by atoms with van der Waals surface area (Å²) in [5.74, 6) is 0.00103. The van der Waals surface area contributed by atoms with Crippen LogP contribution in [0.5, 0.6) is 5.75 Å². The number of nitrogens with zero attached hydrogens (tertiary/aromatic N) is 3. The van der Waals surface area contributed by atoms with Gasteiger partial charge in [0, 0.05) is 56.4 Å². The summed E-state index contributed by atoms with van der Waals surface area (Å²) in [7, 11) is 0. The van der Waals surface area contributed by atoms with Crippen LogP contribution in [0, 0.1) is 12.3 Å². The minimum Gasteiger partial charge on any atom is -0.487 e. The minimum absolute atomic E-state index is 0.0509. The third-order valence-electron chi connectivity index (χ3n) is 7.72. The number of aliphatic carboxylic acids is 1. The number of carbonyl (C=O) groups is 1. The maximum atomic E-state index is 12.1. The van der Waals surface area contributed by atoms with E-state index in [1.54, 1.807) is 20.0 Å². The quantitative estimate of drug-likeness (QED) is 0.151. The Morgan fingerprint density at radius 3 is 2.32 bits per heavy atom. The summed E-state index contributed by atoms with van der Waals surface area (Å²) in [5.41, 5.74) is 6.68. The number of aromatic nitrogens is 3. The summed E-state index contributed by atoms with van der Waals surface area (Å²) in [6.45, 7) is 13.3. The number of rotatable bonds is 11. The third kappa shape index (κ3) is 7.51. The minimum atomic E-state index is -0.842. The highest BCUT2D eigenvalue weighted by Crippen LogP contribution is 2.43. The van der Waals surface area contributed by atoms with Crippen molar-refractivity contribution in [2.45, 2.75) is 77.2 Å². The molecule has 5 aromatic rings. The highest BCUT2D eigenvalue weighted by atomic mass is 32.2. The second-order valence-electron chi connectivity index (χ2n) is 12.9. The van der Waals surface area contributed by atoms with Crippen molar-refractivity contribution in [1.82, 2.24) is 14.5 Å². The number of thioether (sulfide) groups is 1. The predicted molar refractivity (Wildman–Crippen MR) is 179 cm³/mol. The van der Waals surface area contributed by atoms with Gasteiger partial charge in [-0.1, -0.05) is 57.2 Å². The smallest absolute Gasteiger partial charge is 0.309 e. The standard InChI is InChI=1S/C37H41N3O3S/c1-25-10-13-28(22-39-25)27-14-11-26(12-15-27)23-40-32-17-16-30(43-24-29-9-7-8-20-38-29)21-31(32)34(44-36(2,3)4)33(40)18-19-37(5,6)35(41)42/h7-17,20-22H,18-19,23-24H2,1-6H3,(H,41,42). The maximum absolute atomic E-state index is 12.1. The van der Waals surface area contributed by atoms with Gasteiger partial charge in [0.15, 0.2) is 0 Å². The Hall–Kier alpha value is -4.10. The number of fused-ring (bicyclic) bond motifs is 1. The largest absolute Gasteiger partial charge is 0.487 e. The van der Waals surface area contributed by atoms with E-state index in [1.807, 2.05) is 55.2 Å². The molecule has 5 rings (SSSR count). The number of hydrogen-bond acceptors (Lipinski definition) is 5. The van der Waals surface area contributed by atoms with Gasteiger partial charge in [-0.25, -0.2) is 0 Å². The molecule has 0 spiro atoms. The number of ether oxygens (including phenoxy) is 1. The van der Waals surface area contributed by atoms with E-state index >= 15 is 0 Å². The zero-order valence-electron chi connectivity index (χ0n) is 26.4. The van der Waals surface area contributed by atoms with Crippen LogP contribution in [-0.4, -0.2) is 30.4 Å². The molecule has 0 amide bonds. The molecule has 7 heteroatoms. The first kappa shape index (κ1) is 31.3. The average molecular weight is 608 g/mol. The van der Waals surface area contributed by atoms with Gasteiger partial charge in [-0.05, 0) is 81.1 Å². The lowest BCUT2D eigenvalue weighted by molar-refractivity contribution is -0.147. The Labute approximate surface area is 264 Å². The van der Waals surface area contributed by atoms with Crippen LogP contribution in [0.2, 0.25) is 0 Å².